The van der Waals surface area contributed by atoms with Gasteiger partial charge in [0.15, 0.2) is 0 Å². The van der Waals surface area contributed by atoms with Crippen molar-refractivity contribution in [1.29, 1.82) is 0 Å². The maximum Gasteiger partial charge on any atom is 0.0543 e. The Hall–Kier alpha value is -7.22. The normalized spacial score (nSPS) is 13.3. The van der Waals surface area contributed by atoms with E-state index in [9.17, 15) is 0 Å². The van der Waals surface area contributed by atoms with Gasteiger partial charge in [-0.05, 0) is 111 Å². The van der Waals surface area contributed by atoms with Crippen molar-refractivity contribution in [3.63, 3.8) is 0 Å². The van der Waals surface area contributed by atoms with Gasteiger partial charge in [0.05, 0.1) is 17.1 Å². The maximum absolute atomic E-state index is 2.58. The van der Waals surface area contributed by atoms with Gasteiger partial charge in [0.2, 0.25) is 0 Å². The molecule has 11 rings (SSSR count). The van der Waals surface area contributed by atoms with Crippen LogP contribution in [0, 0.1) is 0 Å². The molecule has 0 unspecified atom stereocenters. The molecule has 0 bridgehead atoms. The Balaban J connectivity index is 1.22. The van der Waals surface area contributed by atoms with Gasteiger partial charge < -0.3 is 4.90 Å². The molecule has 1 nitrogen and oxygen atoms in total. The van der Waals surface area contributed by atoms with Crippen molar-refractivity contribution in [3.8, 4) is 44.5 Å². The molecule has 0 heterocycles. The van der Waals surface area contributed by atoms with Crippen molar-refractivity contribution < 1.29 is 0 Å². The molecule has 0 spiro atoms. The van der Waals surface area contributed by atoms with Crippen LogP contribution in [0.4, 0.5) is 17.1 Å². The zero-order valence-corrected chi connectivity index (χ0v) is 39.5. The van der Waals surface area contributed by atoms with Crippen LogP contribution in [-0.2, 0) is 16.2 Å². The fourth-order valence-electron chi connectivity index (χ4n) is 10.8. The third-order valence-electron chi connectivity index (χ3n) is 14.4. The van der Waals surface area contributed by atoms with E-state index in [1.165, 1.54) is 105 Å². The van der Waals surface area contributed by atoms with Gasteiger partial charge in [0.25, 0.3) is 0 Å². The number of fused-ring (bicyclic) bond motifs is 7. The Kier molecular flexibility index (Phi) is 9.71. The molecule has 0 fully saturated rings. The minimum Gasteiger partial charge on any atom is -0.309 e. The molecule has 0 aliphatic heterocycles. The molecule has 1 aliphatic carbocycles. The number of para-hydroxylation sites is 2. The van der Waals surface area contributed by atoms with E-state index in [1.807, 2.05) is 0 Å². The van der Waals surface area contributed by atoms with Gasteiger partial charge in [0, 0.05) is 22.1 Å². The summed E-state index contributed by atoms with van der Waals surface area (Å²) in [6.07, 6.45) is 0. The average Bonchev–Trinajstić information content (AvgIpc) is 3.56. The Morgan fingerprint density at radius 2 is 0.833 bits per heavy atom. The maximum atomic E-state index is 2.58. The van der Waals surface area contributed by atoms with E-state index in [1.54, 1.807) is 0 Å². The van der Waals surface area contributed by atoms with Crippen LogP contribution in [0.5, 0.6) is 0 Å². The van der Waals surface area contributed by atoms with Crippen LogP contribution in [0.3, 0.4) is 0 Å². The van der Waals surface area contributed by atoms with Crippen LogP contribution in [0.1, 0.15) is 77.6 Å². The van der Waals surface area contributed by atoms with Crippen LogP contribution in [0.15, 0.2) is 200 Å². The highest BCUT2D eigenvalue weighted by atomic mass is 15.2. The third kappa shape index (κ3) is 6.75. The first-order valence-electron chi connectivity index (χ1n) is 23.6. The van der Waals surface area contributed by atoms with Crippen LogP contribution in [-0.4, -0.2) is 0 Å². The summed E-state index contributed by atoms with van der Waals surface area (Å²) in [5.41, 5.74) is 18.5. The molecule has 0 saturated heterocycles. The van der Waals surface area contributed by atoms with Gasteiger partial charge >= 0.3 is 0 Å². The fourth-order valence-corrected chi connectivity index (χ4v) is 10.8. The fraction of sp³-hybridized carbons (Fsp3) is 0.169. The van der Waals surface area contributed by atoms with E-state index in [0.717, 1.165) is 11.4 Å². The van der Waals surface area contributed by atoms with E-state index < -0.39 is 0 Å². The Labute approximate surface area is 391 Å². The van der Waals surface area contributed by atoms with Gasteiger partial charge in [-0.3, -0.25) is 0 Å². The molecule has 0 saturated carbocycles. The van der Waals surface area contributed by atoms with Crippen molar-refractivity contribution in [2.75, 3.05) is 4.90 Å². The van der Waals surface area contributed by atoms with E-state index >= 15 is 0 Å². The molecule has 322 valence electrons. The summed E-state index contributed by atoms with van der Waals surface area (Å²) in [6, 6.07) is 75.4. The second-order valence-electron chi connectivity index (χ2n) is 20.9. The molecular weight excluding hydrogens is 795 g/mol. The van der Waals surface area contributed by atoms with Gasteiger partial charge in [0.1, 0.15) is 0 Å². The summed E-state index contributed by atoms with van der Waals surface area (Å²) in [7, 11) is 0. The standard InChI is InChI=1S/C65H57N/c1-63(2,3)45-39-44(40-46(41-45)64(4,5)6)48-28-17-22-43-23-18-31-54(61(43)48)53-26-13-16-35-59(53)66(60-36-20-33-57-62(60)55-27-11-14-32-56(55)65(57,7)8)58-34-15-12-25-52(58)50-30-19-29-49-47-24-10-9-21-42(47)37-38-51(49)50/h9-41H,1-8H3. The molecule has 0 aromatic heterocycles. The van der Waals surface area contributed by atoms with Gasteiger partial charge in [-0.25, -0.2) is 0 Å². The Bertz CT molecular complexity index is 3500. The van der Waals surface area contributed by atoms with Crippen LogP contribution in [0.25, 0.3) is 76.8 Å². The third-order valence-corrected chi connectivity index (χ3v) is 14.4. The number of rotatable bonds is 6. The Morgan fingerprint density at radius 3 is 1.53 bits per heavy atom. The lowest BCUT2D eigenvalue weighted by Gasteiger charge is -2.32. The number of hydrogen-bond acceptors (Lipinski definition) is 1. The van der Waals surface area contributed by atoms with Crippen molar-refractivity contribution in [1.82, 2.24) is 0 Å². The molecule has 1 heteroatoms. The molecule has 10 aromatic carbocycles. The van der Waals surface area contributed by atoms with Gasteiger partial charge in [-0.2, -0.15) is 0 Å². The monoisotopic (exact) mass is 851 g/mol. The van der Waals surface area contributed by atoms with E-state index in [-0.39, 0.29) is 16.2 Å². The summed E-state index contributed by atoms with van der Waals surface area (Å²) >= 11 is 0. The highest BCUT2D eigenvalue weighted by Gasteiger charge is 2.38. The quantitative estimate of drug-likeness (QED) is 0.151. The topological polar surface area (TPSA) is 3.24 Å². The SMILES string of the molecule is CC(C)(C)c1cc(-c2cccc3cccc(-c4ccccc4N(c4ccccc4-c4cccc5c4ccc4ccccc45)c4cccc5c4-c4ccccc4C5(C)C)c23)cc(C(C)(C)C)c1. The van der Waals surface area contributed by atoms with Crippen molar-refractivity contribution >= 4 is 49.4 Å². The van der Waals surface area contributed by atoms with E-state index in [2.05, 4.69) is 260 Å². The van der Waals surface area contributed by atoms with Gasteiger partial charge in [-0.15, -0.1) is 0 Å². The highest BCUT2D eigenvalue weighted by molar-refractivity contribution is 6.14. The lowest BCUT2D eigenvalue weighted by Crippen LogP contribution is -2.16. The average molecular weight is 852 g/mol. The van der Waals surface area contributed by atoms with Crippen LogP contribution in [0.2, 0.25) is 0 Å². The second-order valence-corrected chi connectivity index (χ2v) is 20.9. The first-order chi connectivity index (χ1) is 31.8. The molecule has 0 N–H and O–H groups in total. The second kappa shape index (κ2) is 15.5. The van der Waals surface area contributed by atoms with Crippen LogP contribution >= 0.6 is 0 Å². The minimum atomic E-state index is -0.165. The van der Waals surface area contributed by atoms with E-state index in [0.29, 0.717) is 0 Å². The summed E-state index contributed by atoms with van der Waals surface area (Å²) < 4.78 is 0. The molecule has 0 amide bonds. The zero-order chi connectivity index (χ0) is 45.5. The summed E-state index contributed by atoms with van der Waals surface area (Å²) in [5, 5.41) is 7.51. The molecule has 66 heavy (non-hydrogen) atoms. The summed E-state index contributed by atoms with van der Waals surface area (Å²) in [4.78, 5) is 2.58. The van der Waals surface area contributed by atoms with Gasteiger partial charge in [-0.1, -0.05) is 237 Å². The number of anilines is 3. The number of hydrogen-bond donors (Lipinski definition) is 0. The van der Waals surface area contributed by atoms with Crippen molar-refractivity contribution in [2.24, 2.45) is 0 Å². The summed E-state index contributed by atoms with van der Waals surface area (Å²) in [6.45, 7) is 18.7. The smallest absolute Gasteiger partial charge is 0.0543 e. The predicted molar refractivity (Wildman–Crippen MR) is 285 cm³/mol. The predicted octanol–water partition coefficient (Wildman–Crippen LogP) is 18.5. The molecule has 0 atom stereocenters. The molecule has 0 radical (unpaired) electrons. The lowest BCUT2D eigenvalue weighted by atomic mass is 9.78. The van der Waals surface area contributed by atoms with E-state index in [4.69, 9.17) is 0 Å². The highest BCUT2D eigenvalue weighted by Crippen LogP contribution is 2.56. The first-order valence-corrected chi connectivity index (χ1v) is 23.6. The lowest BCUT2D eigenvalue weighted by molar-refractivity contribution is 0.569. The molecule has 10 aromatic rings. The largest absolute Gasteiger partial charge is 0.309 e. The number of nitrogens with zero attached hydrogens (tertiary/aromatic N) is 1. The van der Waals surface area contributed by atoms with Crippen molar-refractivity contribution in [2.45, 2.75) is 71.6 Å². The number of benzene rings is 10. The van der Waals surface area contributed by atoms with Crippen molar-refractivity contribution in [3.05, 3.63) is 222 Å². The molecular formula is C65H57N. The molecule has 1 aliphatic rings. The first kappa shape index (κ1) is 41.5. The van der Waals surface area contributed by atoms with Crippen LogP contribution < -0.4 is 4.90 Å². The zero-order valence-electron chi connectivity index (χ0n) is 39.5. The summed E-state index contributed by atoms with van der Waals surface area (Å²) in [5.74, 6) is 0. The Morgan fingerprint density at radius 1 is 0.348 bits per heavy atom. The minimum absolute atomic E-state index is 0.00970.